The van der Waals surface area contributed by atoms with Crippen molar-refractivity contribution in [2.24, 2.45) is 5.73 Å². The summed E-state index contributed by atoms with van der Waals surface area (Å²) in [5, 5.41) is 2.92. The van der Waals surface area contributed by atoms with Crippen LogP contribution in [0.15, 0.2) is 30.3 Å². The molecule has 0 radical (unpaired) electrons. The molecule has 120 valence electrons. The lowest BCUT2D eigenvalue weighted by molar-refractivity contribution is -0.122. The third-order valence-corrected chi connectivity index (χ3v) is 4.21. The number of carbonyl (C=O) groups excluding carboxylic acids is 1. The van der Waals surface area contributed by atoms with Gasteiger partial charge in [-0.15, -0.1) is 24.8 Å². The Kier molecular flexibility index (Phi) is 10.9. The van der Waals surface area contributed by atoms with E-state index in [4.69, 9.17) is 5.73 Å². The van der Waals surface area contributed by atoms with Crippen LogP contribution in [-0.2, 0) is 4.79 Å². The molecule has 1 aromatic rings. The van der Waals surface area contributed by atoms with Gasteiger partial charge in [0.2, 0.25) is 5.91 Å². The van der Waals surface area contributed by atoms with Crippen molar-refractivity contribution in [1.29, 1.82) is 0 Å². The normalized spacial score (nSPS) is 16.2. The molecular formula is C14H23Cl2N3OS. The minimum Gasteiger partial charge on any atom is -0.353 e. The van der Waals surface area contributed by atoms with E-state index in [0.29, 0.717) is 6.54 Å². The smallest absolute Gasteiger partial charge is 0.241 e. The summed E-state index contributed by atoms with van der Waals surface area (Å²) in [6.07, 6.45) is 0. The zero-order chi connectivity index (χ0) is 13.5. The molecule has 1 aliphatic heterocycles. The number of thioether (sulfide) groups is 1. The van der Waals surface area contributed by atoms with Gasteiger partial charge in [-0.1, -0.05) is 30.3 Å². The molecular weight excluding hydrogens is 329 g/mol. The number of halogens is 2. The van der Waals surface area contributed by atoms with Gasteiger partial charge in [-0.05, 0) is 5.56 Å². The quantitative estimate of drug-likeness (QED) is 0.847. The standard InChI is InChI=1S/C14H21N3OS.2ClH/c15-13(12-4-2-1-3-5-12)14(18)16-6-7-17-8-10-19-11-9-17;;/h1-5,13H,6-11,15H2,(H,16,18);2*1H. The molecule has 21 heavy (non-hydrogen) atoms. The van der Waals surface area contributed by atoms with E-state index in [-0.39, 0.29) is 30.7 Å². The summed E-state index contributed by atoms with van der Waals surface area (Å²) in [4.78, 5) is 14.3. The number of benzene rings is 1. The number of rotatable bonds is 5. The van der Waals surface area contributed by atoms with E-state index in [2.05, 4.69) is 10.2 Å². The Morgan fingerprint density at radius 1 is 1.24 bits per heavy atom. The van der Waals surface area contributed by atoms with Gasteiger partial charge in [0.25, 0.3) is 0 Å². The maximum atomic E-state index is 11.9. The lowest BCUT2D eigenvalue weighted by atomic mass is 10.1. The predicted octanol–water partition coefficient (Wildman–Crippen LogP) is 1.70. The number of amides is 1. The molecule has 1 saturated heterocycles. The van der Waals surface area contributed by atoms with Gasteiger partial charge in [0, 0.05) is 37.7 Å². The summed E-state index contributed by atoms with van der Waals surface area (Å²) in [6.45, 7) is 3.81. The second kappa shape index (κ2) is 11.2. The fourth-order valence-corrected chi connectivity index (χ4v) is 3.06. The van der Waals surface area contributed by atoms with Crippen molar-refractivity contribution in [2.75, 3.05) is 37.7 Å². The van der Waals surface area contributed by atoms with Crippen molar-refractivity contribution < 1.29 is 4.79 Å². The van der Waals surface area contributed by atoms with E-state index in [9.17, 15) is 4.79 Å². The minimum absolute atomic E-state index is 0. The second-order valence-electron chi connectivity index (χ2n) is 4.63. The number of carbonyl (C=O) groups is 1. The lowest BCUT2D eigenvalue weighted by Crippen LogP contribution is -2.41. The molecule has 1 amide bonds. The fraction of sp³-hybridized carbons (Fsp3) is 0.500. The highest BCUT2D eigenvalue weighted by Crippen LogP contribution is 2.10. The summed E-state index contributed by atoms with van der Waals surface area (Å²) in [6, 6.07) is 8.90. The first-order valence-electron chi connectivity index (χ1n) is 6.66. The summed E-state index contributed by atoms with van der Waals surface area (Å²) < 4.78 is 0. The molecule has 0 bridgehead atoms. The van der Waals surface area contributed by atoms with Crippen LogP contribution >= 0.6 is 36.6 Å². The fourth-order valence-electron chi connectivity index (χ4n) is 2.08. The Bertz CT molecular complexity index is 402. The van der Waals surface area contributed by atoms with Crippen molar-refractivity contribution in [3.8, 4) is 0 Å². The topological polar surface area (TPSA) is 58.4 Å². The molecule has 0 saturated carbocycles. The largest absolute Gasteiger partial charge is 0.353 e. The molecule has 1 aliphatic rings. The molecule has 7 heteroatoms. The Hall–Kier alpha value is -0.460. The minimum atomic E-state index is -0.571. The Morgan fingerprint density at radius 3 is 2.48 bits per heavy atom. The molecule has 1 heterocycles. The molecule has 0 aliphatic carbocycles. The second-order valence-corrected chi connectivity index (χ2v) is 5.86. The maximum Gasteiger partial charge on any atom is 0.241 e. The van der Waals surface area contributed by atoms with Crippen LogP contribution in [0.5, 0.6) is 0 Å². The Balaban J connectivity index is 0.00000200. The van der Waals surface area contributed by atoms with Crippen LogP contribution in [0.3, 0.4) is 0 Å². The third-order valence-electron chi connectivity index (χ3n) is 3.27. The zero-order valence-electron chi connectivity index (χ0n) is 11.9. The maximum absolute atomic E-state index is 11.9. The highest BCUT2D eigenvalue weighted by molar-refractivity contribution is 7.99. The van der Waals surface area contributed by atoms with E-state index in [1.54, 1.807) is 0 Å². The van der Waals surface area contributed by atoms with E-state index in [1.165, 1.54) is 11.5 Å². The van der Waals surface area contributed by atoms with Crippen molar-refractivity contribution in [3.05, 3.63) is 35.9 Å². The monoisotopic (exact) mass is 351 g/mol. The van der Waals surface area contributed by atoms with Crippen LogP contribution in [0.1, 0.15) is 11.6 Å². The van der Waals surface area contributed by atoms with Gasteiger partial charge in [0.15, 0.2) is 0 Å². The van der Waals surface area contributed by atoms with Gasteiger partial charge in [-0.25, -0.2) is 0 Å². The number of hydrogen-bond acceptors (Lipinski definition) is 4. The number of nitrogens with zero attached hydrogens (tertiary/aromatic N) is 1. The van der Waals surface area contributed by atoms with Gasteiger partial charge >= 0.3 is 0 Å². The van der Waals surface area contributed by atoms with Crippen LogP contribution in [0, 0.1) is 0 Å². The van der Waals surface area contributed by atoms with Crippen LogP contribution in [0.25, 0.3) is 0 Å². The van der Waals surface area contributed by atoms with E-state index >= 15 is 0 Å². The SMILES string of the molecule is Cl.Cl.NC(C(=O)NCCN1CCSCC1)c1ccccc1. The van der Waals surface area contributed by atoms with Crippen molar-refractivity contribution >= 4 is 42.5 Å². The molecule has 2 rings (SSSR count). The molecule has 1 atom stereocenters. The zero-order valence-corrected chi connectivity index (χ0v) is 14.3. The molecule has 1 aromatic carbocycles. The highest BCUT2D eigenvalue weighted by Gasteiger charge is 2.15. The summed E-state index contributed by atoms with van der Waals surface area (Å²) in [5.41, 5.74) is 6.78. The van der Waals surface area contributed by atoms with Gasteiger partial charge in [-0.2, -0.15) is 11.8 Å². The van der Waals surface area contributed by atoms with Crippen molar-refractivity contribution in [2.45, 2.75) is 6.04 Å². The molecule has 0 spiro atoms. The van der Waals surface area contributed by atoms with Crippen LogP contribution in [0.4, 0.5) is 0 Å². The molecule has 1 fully saturated rings. The first kappa shape index (κ1) is 20.5. The first-order chi connectivity index (χ1) is 9.27. The summed E-state index contributed by atoms with van der Waals surface area (Å²) in [5.74, 6) is 2.28. The first-order valence-corrected chi connectivity index (χ1v) is 7.81. The van der Waals surface area contributed by atoms with Gasteiger partial charge in [0.05, 0.1) is 0 Å². The number of nitrogens with one attached hydrogen (secondary N) is 1. The number of nitrogens with two attached hydrogens (primary N) is 1. The van der Waals surface area contributed by atoms with Gasteiger partial charge < -0.3 is 11.1 Å². The van der Waals surface area contributed by atoms with E-state index in [0.717, 1.165) is 25.2 Å². The highest BCUT2D eigenvalue weighted by atomic mass is 35.5. The lowest BCUT2D eigenvalue weighted by Gasteiger charge is -2.26. The van der Waals surface area contributed by atoms with Crippen LogP contribution in [0.2, 0.25) is 0 Å². The van der Waals surface area contributed by atoms with Crippen molar-refractivity contribution in [1.82, 2.24) is 10.2 Å². The van der Waals surface area contributed by atoms with Crippen molar-refractivity contribution in [3.63, 3.8) is 0 Å². The van der Waals surface area contributed by atoms with E-state index in [1.807, 2.05) is 42.1 Å². The summed E-state index contributed by atoms with van der Waals surface area (Å²) >= 11 is 1.99. The predicted molar refractivity (Wildman–Crippen MR) is 94.6 cm³/mol. The van der Waals surface area contributed by atoms with Crippen LogP contribution in [-0.4, -0.2) is 48.5 Å². The third kappa shape index (κ3) is 6.89. The molecule has 1 unspecified atom stereocenters. The van der Waals surface area contributed by atoms with Gasteiger partial charge in [0.1, 0.15) is 6.04 Å². The Labute approximate surface area is 143 Å². The average Bonchev–Trinajstić information content (AvgIpc) is 2.48. The number of hydrogen-bond donors (Lipinski definition) is 2. The molecule has 0 aromatic heterocycles. The average molecular weight is 352 g/mol. The van der Waals surface area contributed by atoms with Gasteiger partial charge in [-0.3, -0.25) is 9.69 Å². The summed E-state index contributed by atoms with van der Waals surface area (Å²) in [7, 11) is 0. The molecule has 4 nitrogen and oxygen atoms in total. The van der Waals surface area contributed by atoms with Crippen LogP contribution < -0.4 is 11.1 Å². The Morgan fingerprint density at radius 2 is 1.86 bits per heavy atom. The molecule has 3 N–H and O–H groups in total. The van der Waals surface area contributed by atoms with E-state index < -0.39 is 6.04 Å².